The summed E-state index contributed by atoms with van der Waals surface area (Å²) in [4.78, 5) is 13.2. The first-order chi connectivity index (χ1) is 17.3. The Bertz CT molecular complexity index is 1430. The summed E-state index contributed by atoms with van der Waals surface area (Å²) in [6, 6.07) is 25.9. The molecular formula is C27H22ClFN2O4S. The molecule has 36 heavy (non-hydrogen) atoms. The Labute approximate surface area is 213 Å². The SMILES string of the molecule is O=C(Nc1cc(Cl)ccc1Oc1ccccc1)[C@H](Cc1ccccc1)NS(=O)(=O)c1ccc(F)cc1. The summed E-state index contributed by atoms with van der Waals surface area (Å²) in [5.41, 5.74) is 1.02. The van der Waals surface area contributed by atoms with Crippen molar-refractivity contribution in [2.75, 3.05) is 5.32 Å². The zero-order valence-corrected chi connectivity index (χ0v) is 20.5. The number of sulfonamides is 1. The van der Waals surface area contributed by atoms with Crippen molar-refractivity contribution in [3.8, 4) is 11.5 Å². The molecule has 9 heteroatoms. The van der Waals surface area contributed by atoms with E-state index in [1.165, 1.54) is 6.07 Å². The second-order valence-corrected chi connectivity index (χ2v) is 10.0. The van der Waals surface area contributed by atoms with Gasteiger partial charge in [0.15, 0.2) is 5.75 Å². The van der Waals surface area contributed by atoms with Gasteiger partial charge in [-0.2, -0.15) is 4.72 Å². The Morgan fingerprint density at radius 2 is 1.53 bits per heavy atom. The first kappa shape index (κ1) is 25.4. The van der Waals surface area contributed by atoms with Crippen LogP contribution in [0.1, 0.15) is 5.56 Å². The molecule has 4 aromatic carbocycles. The molecule has 6 nitrogen and oxygen atoms in total. The highest BCUT2D eigenvalue weighted by Crippen LogP contribution is 2.32. The Hall–Kier alpha value is -3.72. The van der Waals surface area contributed by atoms with Crippen LogP contribution >= 0.6 is 11.6 Å². The van der Waals surface area contributed by atoms with E-state index in [9.17, 15) is 17.6 Å². The van der Waals surface area contributed by atoms with Crippen molar-refractivity contribution in [3.63, 3.8) is 0 Å². The maximum absolute atomic E-state index is 13.4. The summed E-state index contributed by atoms with van der Waals surface area (Å²) < 4.78 is 47.7. The number of hydrogen-bond acceptors (Lipinski definition) is 4. The number of amides is 1. The second kappa shape index (κ2) is 11.3. The van der Waals surface area contributed by atoms with Crippen molar-refractivity contribution in [2.24, 2.45) is 0 Å². The van der Waals surface area contributed by atoms with Crippen LogP contribution in [0.15, 0.2) is 108 Å². The summed E-state index contributed by atoms with van der Waals surface area (Å²) in [5, 5.41) is 3.10. The molecule has 1 atom stereocenters. The molecule has 2 N–H and O–H groups in total. The van der Waals surface area contributed by atoms with Crippen molar-refractivity contribution in [1.82, 2.24) is 4.72 Å². The number of carbonyl (C=O) groups excluding carboxylic acids is 1. The smallest absolute Gasteiger partial charge is 0.243 e. The van der Waals surface area contributed by atoms with Crippen LogP contribution in [0.4, 0.5) is 10.1 Å². The van der Waals surface area contributed by atoms with E-state index in [2.05, 4.69) is 10.0 Å². The van der Waals surface area contributed by atoms with Crippen LogP contribution in [-0.4, -0.2) is 20.4 Å². The second-order valence-electron chi connectivity index (χ2n) is 7.86. The van der Waals surface area contributed by atoms with Gasteiger partial charge in [-0.1, -0.05) is 60.1 Å². The van der Waals surface area contributed by atoms with Gasteiger partial charge in [-0.05, 0) is 66.6 Å². The summed E-state index contributed by atoms with van der Waals surface area (Å²) in [7, 11) is -4.14. The molecule has 0 radical (unpaired) electrons. The number of anilines is 1. The van der Waals surface area contributed by atoms with Gasteiger partial charge in [0.25, 0.3) is 0 Å². The lowest BCUT2D eigenvalue weighted by molar-refractivity contribution is -0.117. The summed E-state index contributed by atoms with van der Waals surface area (Å²) in [6.45, 7) is 0. The highest BCUT2D eigenvalue weighted by atomic mass is 35.5. The molecule has 0 aliphatic rings. The third kappa shape index (κ3) is 6.69. The Balaban J connectivity index is 1.62. The van der Waals surface area contributed by atoms with E-state index in [1.54, 1.807) is 48.5 Å². The normalized spacial score (nSPS) is 12.1. The van der Waals surface area contributed by atoms with Gasteiger partial charge < -0.3 is 10.1 Å². The summed E-state index contributed by atoms with van der Waals surface area (Å²) in [6.07, 6.45) is 0.0720. The first-order valence-electron chi connectivity index (χ1n) is 11.0. The van der Waals surface area contributed by atoms with E-state index < -0.39 is 27.8 Å². The Morgan fingerprint density at radius 1 is 0.889 bits per heavy atom. The van der Waals surface area contributed by atoms with Gasteiger partial charge >= 0.3 is 0 Å². The van der Waals surface area contributed by atoms with Gasteiger partial charge in [0.1, 0.15) is 17.6 Å². The van der Waals surface area contributed by atoms with Crippen LogP contribution in [0.25, 0.3) is 0 Å². The van der Waals surface area contributed by atoms with Crippen molar-refractivity contribution < 1.29 is 22.3 Å². The lowest BCUT2D eigenvalue weighted by atomic mass is 10.1. The summed E-state index contributed by atoms with van der Waals surface area (Å²) in [5.74, 6) is -0.309. The first-order valence-corrected chi connectivity index (χ1v) is 12.8. The molecule has 0 bridgehead atoms. The number of carbonyl (C=O) groups is 1. The zero-order chi connectivity index (χ0) is 25.5. The molecule has 0 saturated carbocycles. The van der Waals surface area contributed by atoms with Crippen LogP contribution in [0.3, 0.4) is 0 Å². The van der Waals surface area contributed by atoms with E-state index in [0.29, 0.717) is 16.5 Å². The molecule has 0 unspecified atom stereocenters. The van der Waals surface area contributed by atoms with Crippen molar-refractivity contribution in [1.29, 1.82) is 0 Å². The van der Waals surface area contributed by atoms with Gasteiger partial charge in [-0.25, -0.2) is 12.8 Å². The van der Waals surface area contributed by atoms with Crippen LogP contribution in [0.5, 0.6) is 11.5 Å². The molecule has 184 valence electrons. The molecule has 0 saturated heterocycles. The van der Waals surface area contributed by atoms with Crippen LogP contribution < -0.4 is 14.8 Å². The van der Waals surface area contributed by atoms with Crippen molar-refractivity contribution >= 4 is 33.2 Å². The highest BCUT2D eigenvalue weighted by molar-refractivity contribution is 7.89. The molecule has 0 spiro atoms. The lowest BCUT2D eigenvalue weighted by Crippen LogP contribution is -2.45. The highest BCUT2D eigenvalue weighted by Gasteiger charge is 2.27. The number of benzene rings is 4. The van der Waals surface area contributed by atoms with E-state index in [1.807, 2.05) is 24.3 Å². The maximum atomic E-state index is 13.4. The number of para-hydroxylation sites is 1. The Morgan fingerprint density at radius 3 is 2.19 bits per heavy atom. The molecule has 0 heterocycles. The van der Waals surface area contributed by atoms with Crippen molar-refractivity contribution in [3.05, 3.63) is 120 Å². The van der Waals surface area contributed by atoms with Crippen molar-refractivity contribution in [2.45, 2.75) is 17.4 Å². The molecule has 0 aliphatic heterocycles. The molecular weight excluding hydrogens is 503 g/mol. The van der Waals surface area contributed by atoms with Gasteiger partial charge in [0.05, 0.1) is 10.6 Å². The number of hydrogen-bond donors (Lipinski definition) is 2. The van der Waals surface area contributed by atoms with E-state index in [0.717, 1.165) is 29.8 Å². The van der Waals surface area contributed by atoms with Crippen LogP contribution in [0.2, 0.25) is 5.02 Å². The molecule has 0 aromatic heterocycles. The van der Waals surface area contributed by atoms with Gasteiger partial charge in [0.2, 0.25) is 15.9 Å². The van der Waals surface area contributed by atoms with E-state index in [-0.39, 0.29) is 17.0 Å². The van der Waals surface area contributed by atoms with Crippen LogP contribution in [-0.2, 0) is 21.2 Å². The predicted octanol–water partition coefficient (Wildman–Crippen LogP) is 5.80. The van der Waals surface area contributed by atoms with Gasteiger partial charge in [0, 0.05) is 5.02 Å². The molecule has 0 fully saturated rings. The minimum atomic E-state index is -4.14. The minimum Gasteiger partial charge on any atom is -0.455 e. The predicted molar refractivity (Wildman–Crippen MR) is 137 cm³/mol. The fraction of sp³-hybridized carbons (Fsp3) is 0.0741. The Kier molecular flexibility index (Phi) is 8.00. The van der Waals surface area contributed by atoms with E-state index >= 15 is 0 Å². The quantitative estimate of drug-likeness (QED) is 0.290. The average molecular weight is 525 g/mol. The van der Waals surface area contributed by atoms with Gasteiger partial charge in [-0.3, -0.25) is 4.79 Å². The average Bonchev–Trinajstić information content (AvgIpc) is 2.87. The topological polar surface area (TPSA) is 84.5 Å². The zero-order valence-electron chi connectivity index (χ0n) is 18.9. The third-order valence-electron chi connectivity index (χ3n) is 5.19. The van der Waals surface area contributed by atoms with E-state index in [4.69, 9.17) is 16.3 Å². The number of nitrogens with one attached hydrogen (secondary N) is 2. The van der Waals surface area contributed by atoms with Gasteiger partial charge in [-0.15, -0.1) is 0 Å². The standard InChI is InChI=1S/C27H22ClFN2O4S/c28-20-11-16-26(35-22-9-5-2-6-10-22)24(18-20)30-27(32)25(17-19-7-3-1-4-8-19)31-36(33,34)23-14-12-21(29)13-15-23/h1-16,18,25,31H,17H2,(H,30,32)/t25-/m0/s1. The molecule has 4 rings (SSSR count). The number of ether oxygens (including phenoxy) is 1. The summed E-state index contributed by atoms with van der Waals surface area (Å²) >= 11 is 6.16. The fourth-order valence-corrected chi connectivity index (χ4v) is 4.80. The largest absolute Gasteiger partial charge is 0.455 e. The minimum absolute atomic E-state index is 0.0720. The number of rotatable bonds is 9. The lowest BCUT2D eigenvalue weighted by Gasteiger charge is -2.20. The monoisotopic (exact) mass is 524 g/mol. The third-order valence-corrected chi connectivity index (χ3v) is 6.91. The fourth-order valence-electron chi connectivity index (χ4n) is 3.43. The molecule has 0 aliphatic carbocycles. The number of halogens is 2. The molecule has 1 amide bonds. The van der Waals surface area contributed by atoms with Crippen LogP contribution in [0, 0.1) is 5.82 Å². The molecule has 4 aromatic rings. The maximum Gasteiger partial charge on any atom is 0.243 e.